The third kappa shape index (κ3) is 2.69. The maximum Gasteiger partial charge on any atom is 0.123 e. The molecule has 18 heavy (non-hydrogen) atoms. The quantitative estimate of drug-likeness (QED) is 0.875. The van der Waals surface area contributed by atoms with E-state index < -0.39 is 0 Å². The predicted octanol–water partition coefficient (Wildman–Crippen LogP) is 3.91. The zero-order chi connectivity index (χ0) is 13.0. The SMILES string of the molecule is CCC1CCCCC1C(N)c1ccccc1OC. The van der Waals surface area contributed by atoms with E-state index in [1.165, 1.54) is 37.7 Å². The number of para-hydroxylation sites is 1. The summed E-state index contributed by atoms with van der Waals surface area (Å²) in [7, 11) is 1.73. The van der Waals surface area contributed by atoms with E-state index in [0.717, 1.165) is 11.7 Å². The average molecular weight is 247 g/mol. The summed E-state index contributed by atoms with van der Waals surface area (Å²) in [5.74, 6) is 2.32. The molecule has 1 aromatic rings. The van der Waals surface area contributed by atoms with Crippen LogP contribution >= 0.6 is 0 Å². The number of ether oxygens (including phenoxy) is 1. The monoisotopic (exact) mass is 247 g/mol. The smallest absolute Gasteiger partial charge is 0.123 e. The lowest BCUT2D eigenvalue weighted by Crippen LogP contribution is -2.30. The zero-order valence-electron chi connectivity index (χ0n) is 11.6. The van der Waals surface area contributed by atoms with Crippen molar-refractivity contribution >= 4 is 0 Å². The summed E-state index contributed by atoms with van der Waals surface area (Å²) in [6.45, 7) is 2.29. The molecule has 0 saturated heterocycles. The number of hydrogen-bond donors (Lipinski definition) is 1. The van der Waals surface area contributed by atoms with Crippen LogP contribution < -0.4 is 10.5 Å². The van der Waals surface area contributed by atoms with E-state index in [1.807, 2.05) is 12.1 Å². The number of rotatable bonds is 4. The van der Waals surface area contributed by atoms with Crippen LogP contribution in [0, 0.1) is 11.8 Å². The molecule has 1 aromatic carbocycles. The molecule has 1 saturated carbocycles. The molecule has 3 unspecified atom stereocenters. The van der Waals surface area contributed by atoms with E-state index in [0.29, 0.717) is 5.92 Å². The molecular formula is C16H25NO. The van der Waals surface area contributed by atoms with E-state index in [-0.39, 0.29) is 6.04 Å². The first kappa shape index (κ1) is 13.4. The fourth-order valence-electron chi connectivity index (χ4n) is 3.39. The molecule has 0 aliphatic heterocycles. The normalized spacial score (nSPS) is 25.7. The molecule has 0 amide bonds. The Bertz CT molecular complexity index is 377. The van der Waals surface area contributed by atoms with Gasteiger partial charge in [-0.1, -0.05) is 50.8 Å². The molecule has 3 atom stereocenters. The van der Waals surface area contributed by atoms with Crippen molar-refractivity contribution in [3.8, 4) is 5.75 Å². The third-order valence-corrected chi connectivity index (χ3v) is 4.45. The summed E-state index contributed by atoms with van der Waals surface area (Å²) >= 11 is 0. The molecular weight excluding hydrogens is 222 g/mol. The van der Waals surface area contributed by atoms with E-state index in [4.69, 9.17) is 10.5 Å². The first-order chi connectivity index (χ1) is 8.77. The molecule has 0 aromatic heterocycles. The summed E-state index contributed by atoms with van der Waals surface area (Å²) in [6.07, 6.45) is 6.53. The zero-order valence-corrected chi connectivity index (χ0v) is 11.6. The van der Waals surface area contributed by atoms with E-state index in [2.05, 4.69) is 19.1 Å². The lowest BCUT2D eigenvalue weighted by molar-refractivity contribution is 0.194. The molecule has 2 N–H and O–H groups in total. The van der Waals surface area contributed by atoms with Gasteiger partial charge in [0, 0.05) is 11.6 Å². The summed E-state index contributed by atoms with van der Waals surface area (Å²) in [4.78, 5) is 0. The molecule has 0 heterocycles. The van der Waals surface area contributed by atoms with Crippen LogP contribution in [0.2, 0.25) is 0 Å². The first-order valence-corrected chi connectivity index (χ1v) is 7.16. The molecule has 0 bridgehead atoms. The Kier molecular flexibility index (Phi) is 4.65. The fraction of sp³-hybridized carbons (Fsp3) is 0.625. The second-order valence-electron chi connectivity index (χ2n) is 5.38. The van der Waals surface area contributed by atoms with Crippen molar-refractivity contribution in [2.24, 2.45) is 17.6 Å². The molecule has 1 fully saturated rings. The lowest BCUT2D eigenvalue weighted by Gasteiger charge is -2.35. The topological polar surface area (TPSA) is 35.2 Å². The van der Waals surface area contributed by atoms with Crippen LogP contribution in [0.4, 0.5) is 0 Å². The van der Waals surface area contributed by atoms with Gasteiger partial charge in [-0.25, -0.2) is 0 Å². The van der Waals surface area contributed by atoms with Crippen molar-refractivity contribution in [3.05, 3.63) is 29.8 Å². The van der Waals surface area contributed by atoms with Crippen molar-refractivity contribution in [3.63, 3.8) is 0 Å². The van der Waals surface area contributed by atoms with Gasteiger partial charge in [0.05, 0.1) is 7.11 Å². The standard InChI is InChI=1S/C16H25NO/c1-3-12-8-4-5-9-13(12)16(17)14-10-6-7-11-15(14)18-2/h6-7,10-13,16H,3-5,8-9,17H2,1-2H3. The van der Waals surface area contributed by atoms with Gasteiger partial charge in [0.2, 0.25) is 0 Å². The van der Waals surface area contributed by atoms with E-state index in [9.17, 15) is 0 Å². The Labute approximate surface area is 111 Å². The van der Waals surface area contributed by atoms with Crippen molar-refractivity contribution < 1.29 is 4.74 Å². The number of nitrogens with two attached hydrogens (primary N) is 1. The van der Waals surface area contributed by atoms with Crippen molar-refractivity contribution in [2.45, 2.75) is 45.1 Å². The maximum atomic E-state index is 6.53. The highest BCUT2D eigenvalue weighted by atomic mass is 16.5. The fourth-order valence-corrected chi connectivity index (χ4v) is 3.39. The Balaban J connectivity index is 2.20. The Morgan fingerprint density at radius 2 is 2.00 bits per heavy atom. The summed E-state index contributed by atoms with van der Waals surface area (Å²) in [5, 5.41) is 0. The van der Waals surface area contributed by atoms with Gasteiger partial charge >= 0.3 is 0 Å². The minimum Gasteiger partial charge on any atom is -0.496 e. The molecule has 1 aliphatic rings. The lowest BCUT2D eigenvalue weighted by atomic mass is 9.72. The summed E-state index contributed by atoms with van der Waals surface area (Å²) in [6, 6.07) is 8.31. The van der Waals surface area contributed by atoms with Gasteiger partial charge < -0.3 is 10.5 Å². The molecule has 0 radical (unpaired) electrons. The van der Waals surface area contributed by atoms with Gasteiger partial charge in [0.15, 0.2) is 0 Å². The van der Waals surface area contributed by atoms with Crippen molar-refractivity contribution in [1.82, 2.24) is 0 Å². The van der Waals surface area contributed by atoms with Gasteiger partial charge in [-0.05, 0) is 24.3 Å². The van der Waals surface area contributed by atoms with Crippen LogP contribution in [0.5, 0.6) is 5.75 Å². The molecule has 2 rings (SSSR count). The van der Waals surface area contributed by atoms with Crippen LogP contribution in [0.1, 0.15) is 50.6 Å². The highest BCUT2D eigenvalue weighted by Gasteiger charge is 2.30. The van der Waals surface area contributed by atoms with Crippen molar-refractivity contribution in [2.75, 3.05) is 7.11 Å². The molecule has 0 spiro atoms. The molecule has 1 aliphatic carbocycles. The van der Waals surface area contributed by atoms with Gasteiger partial charge in [0.25, 0.3) is 0 Å². The molecule has 100 valence electrons. The predicted molar refractivity (Wildman–Crippen MR) is 75.7 cm³/mol. The Morgan fingerprint density at radius 3 is 2.72 bits per heavy atom. The van der Waals surface area contributed by atoms with Crippen LogP contribution in [0.15, 0.2) is 24.3 Å². The van der Waals surface area contributed by atoms with Gasteiger partial charge in [0.1, 0.15) is 5.75 Å². The largest absolute Gasteiger partial charge is 0.496 e. The minimum absolute atomic E-state index is 0.117. The van der Waals surface area contributed by atoms with Crippen LogP contribution in [-0.2, 0) is 0 Å². The van der Waals surface area contributed by atoms with Crippen molar-refractivity contribution in [1.29, 1.82) is 0 Å². The van der Waals surface area contributed by atoms with Gasteiger partial charge in [-0.2, -0.15) is 0 Å². The molecule has 2 nitrogen and oxygen atoms in total. The van der Waals surface area contributed by atoms with Gasteiger partial charge in [-0.15, -0.1) is 0 Å². The van der Waals surface area contributed by atoms with Crippen LogP contribution in [0.25, 0.3) is 0 Å². The van der Waals surface area contributed by atoms with Gasteiger partial charge in [-0.3, -0.25) is 0 Å². The average Bonchev–Trinajstić information content (AvgIpc) is 2.46. The summed E-state index contributed by atoms with van der Waals surface area (Å²) < 4.78 is 5.45. The van der Waals surface area contributed by atoms with Crippen LogP contribution in [0.3, 0.4) is 0 Å². The number of hydrogen-bond acceptors (Lipinski definition) is 2. The van der Waals surface area contributed by atoms with Crippen LogP contribution in [-0.4, -0.2) is 7.11 Å². The minimum atomic E-state index is 0.117. The second kappa shape index (κ2) is 6.24. The number of methoxy groups -OCH3 is 1. The molecule has 2 heteroatoms. The highest BCUT2D eigenvalue weighted by Crippen LogP contribution is 2.41. The Morgan fingerprint density at radius 1 is 1.28 bits per heavy atom. The third-order valence-electron chi connectivity index (χ3n) is 4.45. The van der Waals surface area contributed by atoms with E-state index >= 15 is 0 Å². The second-order valence-corrected chi connectivity index (χ2v) is 5.38. The first-order valence-electron chi connectivity index (χ1n) is 7.16. The summed E-state index contributed by atoms with van der Waals surface area (Å²) in [5.41, 5.74) is 7.70. The number of benzene rings is 1. The highest BCUT2D eigenvalue weighted by molar-refractivity contribution is 5.36. The Hall–Kier alpha value is -1.02. The van der Waals surface area contributed by atoms with E-state index in [1.54, 1.807) is 7.11 Å². The maximum absolute atomic E-state index is 6.53.